The molecule has 117 heavy (non-hydrogen) atoms. The maximum absolute atomic E-state index is 11.7. The zero-order valence-electron chi connectivity index (χ0n) is 67.0. The lowest BCUT2D eigenvalue weighted by molar-refractivity contribution is 0.665. The van der Waals surface area contributed by atoms with E-state index in [1.54, 1.807) is 62.3 Å². The fourth-order valence-electron chi connectivity index (χ4n) is 12.1. The van der Waals surface area contributed by atoms with E-state index in [1.807, 2.05) is 235 Å². The molecule has 0 saturated heterocycles. The van der Waals surface area contributed by atoms with Crippen LogP contribution >= 0.6 is 0 Å². The molecule has 0 fully saturated rings. The molecule has 7 aromatic carbocycles. The summed E-state index contributed by atoms with van der Waals surface area (Å²) in [5.41, 5.74) is 29.9. The van der Waals surface area contributed by atoms with Gasteiger partial charge in [0.2, 0.25) is 0 Å². The second-order valence-electron chi connectivity index (χ2n) is 27.0. The second-order valence-corrected chi connectivity index (χ2v) is 27.0. The largest absolute Gasteiger partial charge is 0.382 e. The third-order valence-electron chi connectivity index (χ3n) is 18.1. The summed E-state index contributed by atoms with van der Waals surface area (Å²) in [6, 6.07) is 64.4. The minimum atomic E-state index is -0.360. The number of aromatic amines is 1. The number of nitrogen functional groups attached to an aromatic ring is 1. The maximum atomic E-state index is 11.7. The van der Waals surface area contributed by atoms with Crippen LogP contribution in [0.4, 0.5) is 5.82 Å². The number of H-pyrrole nitrogens is 1. The van der Waals surface area contributed by atoms with Crippen LogP contribution in [0.2, 0.25) is 0 Å². The molecule has 14 heterocycles. The molecular formula is C86H87N29O2. The van der Waals surface area contributed by atoms with Gasteiger partial charge in [-0.3, -0.25) is 28.9 Å². The van der Waals surface area contributed by atoms with Gasteiger partial charge in [0.05, 0.1) is 57.8 Å². The number of nitrogens with two attached hydrogens (primary N) is 1. The summed E-state index contributed by atoms with van der Waals surface area (Å²) in [6.45, 7) is 10.3. The Kier molecular flexibility index (Phi) is 26.4. The average molecular weight is 1560 g/mol. The van der Waals surface area contributed by atoms with Crippen LogP contribution in [0.5, 0.6) is 0 Å². The van der Waals surface area contributed by atoms with Crippen molar-refractivity contribution in [3.05, 3.63) is 317 Å². The van der Waals surface area contributed by atoms with Gasteiger partial charge in [0.25, 0.3) is 5.56 Å². The molecule has 0 aliphatic heterocycles. The molecule has 31 heteroatoms. The molecule has 14 aromatic heterocycles. The Labute approximate surface area is 670 Å². The first-order valence-corrected chi connectivity index (χ1v) is 37.0. The molecule has 22 rings (SSSR count). The van der Waals surface area contributed by atoms with E-state index < -0.39 is 0 Å². The number of nitrogens with one attached hydrogen (secondary N) is 1. The normalized spacial score (nSPS) is 10.9. The Morgan fingerprint density at radius 2 is 1.02 bits per heavy atom. The Hall–Kier alpha value is -15.6. The molecule has 588 valence electrons. The van der Waals surface area contributed by atoms with Crippen LogP contribution in [0.15, 0.2) is 272 Å². The molecule has 0 saturated carbocycles. The number of para-hydroxylation sites is 3. The fourth-order valence-corrected chi connectivity index (χ4v) is 12.1. The number of hydrogen-bond donors (Lipinski definition) is 2. The van der Waals surface area contributed by atoms with Gasteiger partial charge < -0.3 is 23.8 Å². The van der Waals surface area contributed by atoms with Crippen molar-refractivity contribution in [3.63, 3.8) is 0 Å². The van der Waals surface area contributed by atoms with E-state index in [4.69, 9.17) is 5.73 Å². The SMILES string of the molecule is CC1=CCc2ccccc21.Cc1ccc2n[nH]nc2c1.Cc1ccc2ncccc2c1.Cc1ccc2nccnc2c1.Cc1cn2ccccc2n1.Cn1c(=O)c2c(ncn2C)n(C)c1=O.Cn1cnc2c(N)ncnc21.Cn1cnc2ccccc21.Cn1nc2ccccc2n1.Cn1nnc2ccccc21.Cn1nnc2cccnc21. The van der Waals surface area contributed by atoms with Gasteiger partial charge in [-0.05, 0) is 172 Å². The number of hydrogen-bond acceptors (Lipinski definition) is 21. The van der Waals surface area contributed by atoms with Crippen LogP contribution in [-0.2, 0) is 62.8 Å². The molecule has 3 N–H and O–H groups in total. The summed E-state index contributed by atoms with van der Waals surface area (Å²) in [7, 11) is 14.2. The molecule has 1 aliphatic rings. The number of allylic oxidation sites excluding steroid dienone is 2. The Morgan fingerprint density at radius 1 is 0.427 bits per heavy atom. The zero-order chi connectivity index (χ0) is 82.5. The van der Waals surface area contributed by atoms with Crippen LogP contribution in [0.25, 0.3) is 111 Å². The lowest BCUT2D eigenvalue weighted by atomic mass is 10.1. The van der Waals surface area contributed by atoms with Gasteiger partial charge in [-0.2, -0.15) is 30.4 Å². The molecule has 0 atom stereocenters. The van der Waals surface area contributed by atoms with Gasteiger partial charge in [0.1, 0.15) is 50.6 Å². The summed E-state index contributed by atoms with van der Waals surface area (Å²) < 4.78 is 13.3. The number of aromatic nitrogens is 28. The van der Waals surface area contributed by atoms with Crippen molar-refractivity contribution < 1.29 is 0 Å². The van der Waals surface area contributed by atoms with Crippen molar-refractivity contribution in [1.29, 1.82) is 0 Å². The summed E-state index contributed by atoms with van der Waals surface area (Å²) in [5, 5.41) is 35.3. The van der Waals surface area contributed by atoms with Crippen molar-refractivity contribution in [2.75, 3.05) is 5.73 Å². The van der Waals surface area contributed by atoms with Crippen molar-refractivity contribution in [2.24, 2.45) is 56.4 Å². The van der Waals surface area contributed by atoms with Crippen LogP contribution < -0.4 is 17.0 Å². The zero-order valence-corrected chi connectivity index (χ0v) is 67.0. The van der Waals surface area contributed by atoms with Crippen LogP contribution in [0.3, 0.4) is 0 Å². The molecule has 0 radical (unpaired) electrons. The number of rotatable bonds is 0. The van der Waals surface area contributed by atoms with E-state index in [-0.39, 0.29) is 11.2 Å². The minimum absolute atomic E-state index is 0.317. The molecule has 1 aliphatic carbocycles. The number of fused-ring (bicyclic) bond motifs is 11. The Bertz CT molecular complexity index is 6640. The van der Waals surface area contributed by atoms with Crippen molar-refractivity contribution in [3.8, 4) is 0 Å². The van der Waals surface area contributed by atoms with Crippen LogP contribution in [0, 0.1) is 27.7 Å². The van der Waals surface area contributed by atoms with E-state index in [9.17, 15) is 9.59 Å². The highest BCUT2D eigenvalue weighted by Gasteiger charge is 2.13. The van der Waals surface area contributed by atoms with E-state index in [0.29, 0.717) is 22.5 Å². The number of anilines is 1. The topological polar surface area (TPSA) is 352 Å². The highest BCUT2D eigenvalue weighted by Crippen LogP contribution is 2.26. The molecule has 31 nitrogen and oxygen atoms in total. The van der Waals surface area contributed by atoms with Crippen LogP contribution in [-0.4, -0.2) is 137 Å². The molecule has 0 amide bonds. The van der Waals surface area contributed by atoms with E-state index in [2.05, 4.69) is 165 Å². The first kappa shape index (κ1) is 80.9. The number of nitrogens with zero attached hydrogens (tertiary/aromatic N) is 27. The first-order chi connectivity index (χ1) is 56.6. The summed E-state index contributed by atoms with van der Waals surface area (Å²) in [5.74, 6) is 0.426. The number of aryl methyl sites for hydroxylation is 11. The van der Waals surface area contributed by atoms with Gasteiger partial charge in [-0.25, -0.2) is 49.0 Å². The third-order valence-corrected chi connectivity index (χ3v) is 18.1. The van der Waals surface area contributed by atoms with Gasteiger partial charge in [0.15, 0.2) is 28.3 Å². The van der Waals surface area contributed by atoms with Gasteiger partial charge >= 0.3 is 5.69 Å². The molecule has 0 spiro atoms. The fraction of sp³-hybridized carbons (Fsp3) is 0.163. The number of imidazole rings is 4. The summed E-state index contributed by atoms with van der Waals surface area (Å²) in [6.07, 6.45) is 20.8. The quantitative estimate of drug-likeness (QED) is 0.142. The lowest BCUT2D eigenvalue weighted by Crippen LogP contribution is -2.37. The number of benzene rings is 7. The van der Waals surface area contributed by atoms with Gasteiger partial charge in [-0.1, -0.05) is 113 Å². The van der Waals surface area contributed by atoms with Crippen molar-refractivity contribution >= 4 is 117 Å². The van der Waals surface area contributed by atoms with E-state index in [0.717, 1.165) is 94.3 Å². The number of pyridine rings is 3. The highest BCUT2D eigenvalue weighted by molar-refractivity contribution is 5.82. The van der Waals surface area contributed by atoms with Crippen LogP contribution in [0.1, 0.15) is 40.4 Å². The van der Waals surface area contributed by atoms with Crippen molar-refractivity contribution in [2.45, 2.75) is 41.0 Å². The third kappa shape index (κ3) is 20.6. The predicted octanol–water partition coefficient (Wildman–Crippen LogP) is 12.8. The summed E-state index contributed by atoms with van der Waals surface area (Å²) in [4.78, 5) is 65.7. The highest BCUT2D eigenvalue weighted by atomic mass is 16.2. The molecule has 0 unspecified atom stereocenters. The monoisotopic (exact) mass is 1560 g/mol. The average Bonchev–Trinajstić information content (AvgIpc) is 1.65. The van der Waals surface area contributed by atoms with Gasteiger partial charge in [-0.15, -0.1) is 10.2 Å². The Balaban J connectivity index is 0.000000119. The minimum Gasteiger partial charge on any atom is -0.382 e. The van der Waals surface area contributed by atoms with Gasteiger partial charge in [0, 0.05) is 98.9 Å². The van der Waals surface area contributed by atoms with E-state index >= 15 is 0 Å². The second kappa shape index (κ2) is 38.1. The lowest BCUT2D eigenvalue weighted by Gasteiger charge is -2.02. The summed E-state index contributed by atoms with van der Waals surface area (Å²) >= 11 is 0. The van der Waals surface area contributed by atoms with Crippen molar-refractivity contribution in [1.82, 2.24) is 137 Å². The molecule has 21 aromatic rings. The maximum Gasteiger partial charge on any atom is 0.332 e. The van der Waals surface area contributed by atoms with E-state index in [1.165, 1.54) is 68.6 Å². The first-order valence-electron chi connectivity index (χ1n) is 37.0. The smallest absolute Gasteiger partial charge is 0.332 e. The predicted molar refractivity (Wildman–Crippen MR) is 459 cm³/mol. The molecular weight excluding hydrogens is 1470 g/mol. The Morgan fingerprint density at radius 3 is 1.74 bits per heavy atom. The standard InChI is InChI=1S/C10H9N.C10H10.C9H8N2.C8H10N4O2.2C8H8N2.3C7H7N3.C6H7N5.C6H6N4/c1-8-4-5-10-9(7-8)3-2-6-11-10;1-8-6-7-9-4-2-3-5-10(8)9;1-7-2-3-8-9(6-7)11-5-4-10-8;1-10-4-9-6-5(10)7(13)12(3)8(14)11(6)2;1-10-6-9-7-4-2-3-5-8(7)10;1-7-6-10-5-3-2-4-8(10)9-7;1-5-2-3-6-7(4-5)9-10-8-6;1-10-7-5-3-2-4-6(7)8-9-10;1-10-8-6-4-2-3-5-7(6)9-10;1-11-3-10-4-5(7)8-2-9-6(4)11;1-10-6-5(8-9-10)3-2-4-7-6/h2-7H,1H3;2-6H,7H2,1H3;2-6H,1H3;4H,1-3H3;2*2-6H,1H3;2-4H,1H3,(H,8,9,10);2*2-5H,1H3;2-3H,1H3,(H2,7,8,9);2-4H,1H3. The molecule has 0 bridgehead atoms.